The van der Waals surface area contributed by atoms with Crippen LogP contribution in [0.15, 0.2) is 53.0 Å². The fourth-order valence-electron chi connectivity index (χ4n) is 3.61. The lowest BCUT2D eigenvalue weighted by Gasteiger charge is -2.00. The second-order valence-electron chi connectivity index (χ2n) is 6.55. The molecule has 4 rings (SSSR count). The summed E-state index contributed by atoms with van der Waals surface area (Å²) in [7, 11) is 0. The van der Waals surface area contributed by atoms with Gasteiger partial charge in [-0.15, -0.1) is 0 Å². The molecule has 0 saturated carbocycles. The molecule has 0 atom stereocenters. The number of unbranched alkanes of at least 4 members (excludes halogenated alkanes) is 1. The zero-order valence-electron chi connectivity index (χ0n) is 14.2. The summed E-state index contributed by atoms with van der Waals surface area (Å²) in [6, 6.07) is 16.9. The molecule has 0 fully saturated rings. The minimum Gasteiger partial charge on any atom is -0.440 e. The van der Waals surface area contributed by atoms with Crippen LogP contribution < -0.4 is 0 Å². The van der Waals surface area contributed by atoms with E-state index in [1.165, 1.54) is 11.1 Å². The molecule has 1 aliphatic carbocycles. The highest BCUT2D eigenvalue weighted by Gasteiger charge is 2.22. The van der Waals surface area contributed by atoms with Crippen LogP contribution in [0.2, 0.25) is 0 Å². The molecule has 0 saturated heterocycles. The summed E-state index contributed by atoms with van der Waals surface area (Å²) < 4.78 is 6.08. The smallest absolute Gasteiger partial charge is 0.195 e. The van der Waals surface area contributed by atoms with Gasteiger partial charge in [0.15, 0.2) is 11.5 Å². The van der Waals surface area contributed by atoms with Crippen LogP contribution in [0.1, 0.15) is 41.8 Å². The number of nitrogens with zero attached hydrogens (tertiary/aromatic N) is 2. The van der Waals surface area contributed by atoms with Gasteiger partial charge in [0.25, 0.3) is 0 Å². The van der Waals surface area contributed by atoms with Gasteiger partial charge < -0.3 is 4.42 Å². The van der Waals surface area contributed by atoms with E-state index in [0.717, 1.165) is 66.7 Å². The fourth-order valence-corrected chi connectivity index (χ4v) is 3.61. The first-order chi connectivity index (χ1) is 12.3. The van der Waals surface area contributed by atoms with Crippen LogP contribution in [0.25, 0.3) is 16.7 Å². The molecular weight excluding hydrogens is 308 g/mol. The van der Waals surface area contributed by atoms with E-state index in [4.69, 9.17) is 9.68 Å². The Balaban J connectivity index is 1.48. The van der Waals surface area contributed by atoms with E-state index < -0.39 is 0 Å². The van der Waals surface area contributed by atoms with Crippen LogP contribution in [-0.4, -0.2) is 4.98 Å². The maximum Gasteiger partial charge on any atom is 0.195 e. The van der Waals surface area contributed by atoms with Gasteiger partial charge in [-0.1, -0.05) is 36.4 Å². The second-order valence-corrected chi connectivity index (χ2v) is 6.55. The lowest BCUT2D eigenvalue weighted by molar-refractivity contribution is 0.513. The number of rotatable bonds is 5. The summed E-state index contributed by atoms with van der Waals surface area (Å²) in [5.41, 5.74) is 6.58. The summed E-state index contributed by atoms with van der Waals surface area (Å²) in [5, 5.41) is 8.99. The summed E-state index contributed by atoms with van der Waals surface area (Å²) in [4.78, 5) is 4.65. The molecule has 3 heteroatoms. The number of oxazole rings is 1. The molecule has 0 bridgehead atoms. The van der Waals surface area contributed by atoms with Gasteiger partial charge in [-0.05, 0) is 54.9 Å². The normalized spacial score (nSPS) is 14.8. The lowest BCUT2D eigenvalue weighted by atomic mass is 10.1. The monoisotopic (exact) mass is 328 g/mol. The van der Waals surface area contributed by atoms with Crippen molar-refractivity contribution >= 4 is 16.7 Å². The van der Waals surface area contributed by atoms with Crippen molar-refractivity contribution in [3.05, 3.63) is 71.1 Å². The number of fused-ring (bicyclic) bond motifs is 3. The van der Waals surface area contributed by atoms with Crippen LogP contribution in [0.3, 0.4) is 0 Å². The Kier molecular flexibility index (Phi) is 4.35. The fraction of sp³-hybridized carbons (Fsp3) is 0.273. The van der Waals surface area contributed by atoms with Gasteiger partial charge in [0.05, 0.1) is 6.07 Å². The van der Waals surface area contributed by atoms with E-state index in [9.17, 15) is 0 Å². The predicted octanol–water partition coefficient (Wildman–Crippen LogP) is 5.25. The summed E-state index contributed by atoms with van der Waals surface area (Å²) >= 11 is 0. The largest absolute Gasteiger partial charge is 0.440 e. The average Bonchev–Trinajstić information content (AvgIpc) is 3.23. The van der Waals surface area contributed by atoms with Gasteiger partial charge >= 0.3 is 0 Å². The third kappa shape index (κ3) is 3.21. The Morgan fingerprint density at radius 1 is 1.04 bits per heavy atom. The van der Waals surface area contributed by atoms with Crippen molar-refractivity contribution in [1.82, 2.24) is 4.98 Å². The number of aromatic nitrogens is 1. The molecule has 0 spiro atoms. The molecule has 0 radical (unpaired) electrons. The zero-order chi connectivity index (χ0) is 17.1. The summed E-state index contributed by atoms with van der Waals surface area (Å²) in [6.07, 6.45) is 7.67. The minimum absolute atomic E-state index is 0.805. The van der Waals surface area contributed by atoms with E-state index in [1.54, 1.807) is 6.08 Å². The highest BCUT2D eigenvalue weighted by molar-refractivity contribution is 5.92. The quantitative estimate of drug-likeness (QED) is 0.475. The summed E-state index contributed by atoms with van der Waals surface area (Å²) in [6.45, 7) is 0. The number of aryl methyl sites for hydroxylation is 3. The Bertz CT molecular complexity index is 961. The van der Waals surface area contributed by atoms with Crippen molar-refractivity contribution in [1.29, 1.82) is 5.26 Å². The molecule has 124 valence electrons. The van der Waals surface area contributed by atoms with Crippen LogP contribution in [0, 0.1) is 11.3 Å². The Morgan fingerprint density at radius 3 is 2.72 bits per heavy atom. The first kappa shape index (κ1) is 15.7. The van der Waals surface area contributed by atoms with E-state index in [0.29, 0.717) is 0 Å². The minimum atomic E-state index is 0.805. The molecule has 3 aromatic rings. The molecule has 1 aromatic heterocycles. The highest BCUT2D eigenvalue weighted by atomic mass is 16.3. The molecule has 0 N–H and O–H groups in total. The maximum absolute atomic E-state index is 8.99. The molecule has 0 unspecified atom stereocenters. The van der Waals surface area contributed by atoms with Crippen LogP contribution >= 0.6 is 0 Å². The van der Waals surface area contributed by atoms with Crippen molar-refractivity contribution in [2.75, 3.05) is 0 Å². The summed E-state index contributed by atoms with van der Waals surface area (Å²) in [5.74, 6) is 0.805. The standard InChI is InChI=1S/C22H20N2O/c23-15-14-18-11-10-17-12-13-19-22(21(17)18)25-20(24-19)9-5-4-8-16-6-2-1-3-7-16/h1-3,6-7,12-14H,4-5,8-11H2/b18-14+. The van der Waals surface area contributed by atoms with Crippen LogP contribution in [0.4, 0.5) is 0 Å². The van der Waals surface area contributed by atoms with Crippen LogP contribution in [0.5, 0.6) is 0 Å². The molecule has 3 nitrogen and oxygen atoms in total. The van der Waals surface area contributed by atoms with Gasteiger partial charge in [-0.25, -0.2) is 4.98 Å². The first-order valence-electron chi connectivity index (χ1n) is 8.89. The van der Waals surface area contributed by atoms with Gasteiger partial charge in [0, 0.05) is 18.1 Å². The molecule has 0 amide bonds. The van der Waals surface area contributed by atoms with Gasteiger partial charge in [0.2, 0.25) is 0 Å². The molecule has 0 aliphatic heterocycles. The van der Waals surface area contributed by atoms with Crippen LogP contribution in [-0.2, 0) is 19.3 Å². The predicted molar refractivity (Wildman–Crippen MR) is 99.0 cm³/mol. The zero-order valence-corrected chi connectivity index (χ0v) is 14.2. The number of nitriles is 1. The SMILES string of the molecule is N#C/C=C1\CCc2ccc3nc(CCCCc4ccccc4)oc3c21. The number of hydrogen-bond donors (Lipinski definition) is 0. The first-order valence-corrected chi connectivity index (χ1v) is 8.89. The van der Waals surface area contributed by atoms with Crippen molar-refractivity contribution in [3.63, 3.8) is 0 Å². The van der Waals surface area contributed by atoms with Crippen molar-refractivity contribution < 1.29 is 4.42 Å². The molecule has 1 heterocycles. The third-order valence-corrected chi connectivity index (χ3v) is 4.86. The lowest BCUT2D eigenvalue weighted by Crippen LogP contribution is -1.89. The number of hydrogen-bond acceptors (Lipinski definition) is 3. The third-order valence-electron chi connectivity index (χ3n) is 4.86. The average molecular weight is 328 g/mol. The molecule has 25 heavy (non-hydrogen) atoms. The van der Waals surface area contributed by atoms with Gasteiger partial charge in [0.1, 0.15) is 5.52 Å². The Hall–Kier alpha value is -2.86. The molecule has 2 aromatic carbocycles. The van der Waals surface area contributed by atoms with E-state index in [2.05, 4.69) is 47.5 Å². The molecular formula is C22H20N2O. The van der Waals surface area contributed by atoms with Gasteiger partial charge in [-0.2, -0.15) is 5.26 Å². The van der Waals surface area contributed by atoms with E-state index in [1.807, 2.05) is 6.07 Å². The van der Waals surface area contributed by atoms with Crippen molar-refractivity contribution in [2.45, 2.75) is 38.5 Å². The second kappa shape index (κ2) is 6.94. The number of allylic oxidation sites excluding steroid dienone is 2. The van der Waals surface area contributed by atoms with E-state index >= 15 is 0 Å². The number of benzene rings is 2. The van der Waals surface area contributed by atoms with Crippen molar-refractivity contribution in [3.8, 4) is 6.07 Å². The Labute approximate surface area is 147 Å². The maximum atomic E-state index is 8.99. The molecule has 1 aliphatic rings. The topological polar surface area (TPSA) is 49.8 Å². The van der Waals surface area contributed by atoms with E-state index in [-0.39, 0.29) is 0 Å². The van der Waals surface area contributed by atoms with Gasteiger partial charge in [-0.3, -0.25) is 0 Å². The highest BCUT2D eigenvalue weighted by Crippen LogP contribution is 2.37. The Morgan fingerprint density at radius 2 is 1.88 bits per heavy atom. The van der Waals surface area contributed by atoms with Crippen molar-refractivity contribution in [2.24, 2.45) is 0 Å².